The number of fused-ring (bicyclic) bond motifs is 1. The fraction of sp³-hybridized carbons (Fsp3) is 1.00. The van der Waals surface area contributed by atoms with Crippen molar-refractivity contribution in [3.8, 4) is 0 Å². The third-order valence-electron chi connectivity index (χ3n) is 5.77. The minimum absolute atomic E-state index is 0.563. The SMILES string of the molecule is CC(C)C(C)(C)B1CCC[C@H]2CCC[C@H]12. The molecule has 1 aliphatic carbocycles. The lowest BCUT2D eigenvalue weighted by Crippen LogP contribution is -2.40. The zero-order valence-corrected chi connectivity index (χ0v) is 11.1. The van der Waals surface area contributed by atoms with E-state index in [9.17, 15) is 0 Å². The zero-order valence-electron chi connectivity index (χ0n) is 11.1. The van der Waals surface area contributed by atoms with Crippen LogP contribution in [0.3, 0.4) is 0 Å². The van der Waals surface area contributed by atoms with Crippen molar-refractivity contribution >= 4 is 6.71 Å². The normalized spacial score (nSPS) is 32.2. The van der Waals surface area contributed by atoms with Gasteiger partial charge in [0.05, 0.1) is 0 Å². The molecule has 1 saturated heterocycles. The highest BCUT2D eigenvalue weighted by molar-refractivity contribution is 6.64. The van der Waals surface area contributed by atoms with Gasteiger partial charge in [0, 0.05) is 0 Å². The van der Waals surface area contributed by atoms with E-state index in [1.54, 1.807) is 0 Å². The molecule has 1 aliphatic heterocycles. The Morgan fingerprint density at radius 2 is 1.73 bits per heavy atom. The van der Waals surface area contributed by atoms with Crippen molar-refractivity contribution in [3.05, 3.63) is 0 Å². The highest BCUT2D eigenvalue weighted by atomic mass is 14.3. The summed E-state index contributed by atoms with van der Waals surface area (Å²) in [6, 6.07) is 0. The van der Waals surface area contributed by atoms with Gasteiger partial charge in [-0.15, -0.1) is 0 Å². The van der Waals surface area contributed by atoms with Gasteiger partial charge in [0.1, 0.15) is 6.71 Å². The predicted octanol–water partition coefficient (Wildman–Crippen LogP) is 4.88. The Balaban J connectivity index is 2.13. The summed E-state index contributed by atoms with van der Waals surface area (Å²) in [4.78, 5) is 0. The van der Waals surface area contributed by atoms with Crippen molar-refractivity contribution in [2.75, 3.05) is 0 Å². The minimum atomic E-state index is 0.563. The van der Waals surface area contributed by atoms with Gasteiger partial charge in [-0.25, -0.2) is 0 Å². The van der Waals surface area contributed by atoms with Gasteiger partial charge in [0.15, 0.2) is 0 Å². The average molecular weight is 206 g/mol. The first kappa shape index (κ1) is 11.5. The second-order valence-electron chi connectivity index (χ2n) is 6.87. The molecule has 2 fully saturated rings. The molecule has 1 heteroatoms. The molecule has 15 heavy (non-hydrogen) atoms. The molecule has 0 bridgehead atoms. The summed E-state index contributed by atoms with van der Waals surface area (Å²) >= 11 is 0. The quantitative estimate of drug-likeness (QED) is 0.564. The molecule has 0 aromatic carbocycles. The van der Waals surface area contributed by atoms with Crippen LogP contribution in [0.5, 0.6) is 0 Å². The van der Waals surface area contributed by atoms with Crippen LogP contribution in [0.1, 0.15) is 59.8 Å². The van der Waals surface area contributed by atoms with E-state index in [1.807, 2.05) is 0 Å². The smallest absolute Gasteiger partial charge is 0.0735 e. The lowest BCUT2D eigenvalue weighted by molar-refractivity contribution is 0.408. The maximum atomic E-state index is 2.52. The minimum Gasteiger partial charge on any atom is -0.0735 e. The van der Waals surface area contributed by atoms with Gasteiger partial charge in [-0.1, -0.05) is 77.3 Å². The number of hydrogen-bond donors (Lipinski definition) is 0. The van der Waals surface area contributed by atoms with Gasteiger partial charge in [-0.05, 0) is 11.8 Å². The van der Waals surface area contributed by atoms with Crippen LogP contribution in [-0.4, -0.2) is 6.71 Å². The van der Waals surface area contributed by atoms with E-state index in [1.165, 1.54) is 38.4 Å². The third kappa shape index (κ3) is 1.99. The molecule has 0 spiro atoms. The second-order valence-corrected chi connectivity index (χ2v) is 6.87. The molecule has 0 aromatic rings. The van der Waals surface area contributed by atoms with Gasteiger partial charge in [-0.3, -0.25) is 0 Å². The largest absolute Gasteiger partial charge is 0.149 e. The first-order valence-corrected chi connectivity index (χ1v) is 7.03. The summed E-state index contributed by atoms with van der Waals surface area (Å²) in [7, 11) is 0. The average Bonchev–Trinajstić information content (AvgIpc) is 2.64. The van der Waals surface area contributed by atoms with Crippen LogP contribution >= 0.6 is 0 Å². The molecular formula is C14H27B. The van der Waals surface area contributed by atoms with E-state index < -0.39 is 0 Å². The molecule has 0 amide bonds. The molecule has 86 valence electrons. The second kappa shape index (κ2) is 4.15. The van der Waals surface area contributed by atoms with Crippen LogP contribution in [0.25, 0.3) is 0 Å². The Bertz CT molecular complexity index is 219. The Kier molecular flexibility index (Phi) is 3.19. The molecule has 0 unspecified atom stereocenters. The molecule has 2 aliphatic rings. The molecule has 0 nitrogen and oxygen atoms in total. The van der Waals surface area contributed by atoms with E-state index in [0.717, 1.165) is 24.4 Å². The summed E-state index contributed by atoms with van der Waals surface area (Å²) in [5, 5.41) is 0.563. The van der Waals surface area contributed by atoms with Crippen molar-refractivity contribution in [2.45, 2.75) is 77.3 Å². The number of rotatable bonds is 2. The van der Waals surface area contributed by atoms with Crippen LogP contribution in [0.4, 0.5) is 0 Å². The van der Waals surface area contributed by atoms with Gasteiger partial charge < -0.3 is 0 Å². The Morgan fingerprint density at radius 1 is 1.07 bits per heavy atom. The molecule has 1 heterocycles. The molecule has 2 rings (SSSR count). The predicted molar refractivity (Wildman–Crippen MR) is 69.8 cm³/mol. The van der Waals surface area contributed by atoms with Crippen molar-refractivity contribution in [1.82, 2.24) is 0 Å². The summed E-state index contributed by atoms with van der Waals surface area (Å²) in [5.41, 5.74) is 0. The summed E-state index contributed by atoms with van der Waals surface area (Å²) in [6.07, 6.45) is 9.13. The molecule has 1 saturated carbocycles. The van der Waals surface area contributed by atoms with Crippen molar-refractivity contribution in [1.29, 1.82) is 0 Å². The molecule has 2 atom stereocenters. The van der Waals surface area contributed by atoms with Crippen LogP contribution in [0, 0.1) is 11.8 Å². The molecule has 0 aromatic heterocycles. The van der Waals surface area contributed by atoms with E-state index in [0.29, 0.717) is 5.31 Å². The molecule has 0 N–H and O–H groups in total. The topological polar surface area (TPSA) is 0 Å². The van der Waals surface area contributed by atoms with Gasteiger partial charge in [-0.2, -0.15) is 0 Å². The first-order chi connectivity index (χ1) is 7.03. The highest BCUT2D eigenvalue weighted by Crippen LogP contribution is 2.55. The van der Waals surface area contributed by atoms with E-state index in [4.69, 9.17) is 0 Å². The van der Waals surface area contributed by atoms with E-state index in [-0.39, 0.29) is 0 Å². The van der Waals surface area contributed by atoms with Crippen LogP contribution in [-0.2, 0) is 0 Å². The monoisotopic (exact) mass is 206 g/mol. The van der Waals surface area contributed by atoms with E-state index in [2.05, 4.69) is 27.7 Å². The van der Waals surface area contributed by atoms with Crippen LogP contribution in [0.2, 0.25) is 17.5 Å². The Hall–Kier alpha value is 0.0649. The van der Waals surface area contributed by atoms with Crippen molar-refractivity contribution < 1.29 is 0 Å². The lowest BCUT2D eigenvalue weighted by atomic mass is 9.22. The maximum absolute atomic E-state index is 2.52. The van der Waals surface area contributed by atoms with Gasteiger partial charge in [0.2, 0.25) is 0 Å². The van der Waals surface area contributed by atoms with E-state index >= 15 is 0 Å². The van der Waals surface area contributed by atoms with Gasteiger partial charge >= 0.3 is 0 Å². The summed E-state index contributed by atoms with van der Waals surface area (Å²) < 4.78 is 0. The number of hydrogen-bond acceptors (Lipinski definition) is 0. The van der Waals surface area contributed by atoms with Crippen molar-refractivity contribution in [2.24, 2.45) is 11.8 Å². The van der Waals surface area contributed by atoms with Crippen molar-refractivity contribution in [3.63, 3.8) is 0 Å². The zero-order chi connectivity index (χ0) is 11.1. The Labute approximate surface area is 96.3 Å². The molecule has 0 radical (unpaired) electrons. The third-order valence-corrected chi connectivity index (χ3v) is 5.77. The summed E-state index contributed by atoms with van der Waals surface area (Å²) in [6.45, 7) is 10.9. The maximum Gasteiger partial charge on any atom is 0.149 e. The van der Waals surface area contributed by atoms with Crippen LogP contribution in [0.15, 0.2) is 0 Å². The van der Waals surface area contributed by atoms with Gasteiger partial charge in [0.25, 0.3) is 0 Å². The molecular weight excluding hydrogens is 179 g/mol. The fourth-order valence-corrected chi connectivity index (χ4v) is 4.12. The standard InChI is InChI=1S/C14H27B/c1-11(2)14(3,4)15-10-6-8-12-7-5-9-13(12)15/h11-13H,5-10H2,1-4H3/t12-,13+/m1/s1. The van der Waals surface area contributed by atoms with Crippen LogP contribution < -0.4 is 0 Å². The Morgan fingerprint density at radius 3 is 2.40 bits per heavy atom. The highest BCUT2D eigenvalue weighted by Gasteiger charge is 2.46. The first-order valence-electron chi connectivity index (χ1n) is 7.03. The lowest BCUT2D eigenvalue weighted by Gasteiger charge is -2.44. The fourth-order valence-electron chi connectivity index (χ4n) is 4.12. The summed E-state index contributed by atoms with van der Waals surface area (Å²) in [5.74, 6) is 3.01.